The van der Waals surface area contributed by atoms with E-state index in [1.807, 2.05) is 24.3 Å². The zero-order valence-electron chi connectivity index (χ0n) is 10.6. The van der Waals surface area contributed by atoms with E-state index in [2.05, 4.69) is 10.4 Å². The Balaban J connectivity index is 1.81. The van der Waals surface area contributed by atoms with Crippen molar-refractivity contribution >= 4 is 17.5 Å². The van der Waals surface area contributed by atoms with Gasteiger partial charge in [0.2, 0.25) is 0 Å². The van der Waals surface area contributed by atoms with Crippen LogP contribution in [-0.2, 0) is 12.6 Å². The first kappa shape index (κ1) is 12.2. The third-order valence-corrected chi connectivity index (χ3v) is 3.68. The highest BCUT2D eigenvalue weighted by Crippen LogP contribution is 2.46. The lowest BCUT2D eigenvalue weighted by Gasteiger charge is -2.17. The van der Waals surface area contributed by atoms with Crippen LogP contribution in [0.15, 0.2) is 36.7 Å². The van der Waals surface area contributed by atoms with Gasteiger partial charge in [-0.05, 0) is 30.5 Å². The Morgan fingerprint density at radius 3 is 2.84 bits per heavy atom. The average Bonchev–Trinajstić information content (AvgIpc) is 3.03. The molecule has 5 heteroatoms. The van der Waals surface area contributed by atoms with E-state index in [0.29, 0.717) is 10.6 Å². The van der Waals surface area contributed by atoms with Crippen molar-refractivity contribution in [3.05, 3.63) is 52.8 Å². The van der Waals surface area contributed by atoms with Gasteiger partial charge in [0.1, 0.15) is 0 Å². The molecule has 0 bridgehead atoms. The smallest absolute Gasteiger partial charge is 0.255 e. The van der Waals surface area contributed by atoms with Crippen molar-refractivity contribution in [2.45, 2.75) is 18.4 Å². The fourth-order valence-electron chi connectivity index (χ4n) is 2.22. The maximum atomic E-state index is 12.2. The molecule has 1 saturated carbocycles. The van der Waals surface area contributed by atoms with Gasteiger partial charge in [-0.3, -0.25) is 9.48 Å². The summed E-state index contributed by atoms with van der Waals surface area (Å²) in [5, 5.41) is 7.79. The van der Waals surface area contributed by atoms with Crippen LogP contribution in [0.3, 0.4) is 0 Å². The molecule has 1 heterocycles. The van der Waals surface area contributed by atoms with Crippen LogP contribution in [0.1, 0.15) is 28.8 Å². The first-order valence-corrected chi connectivity index (χ1v) is 6.54. The minimum atomic E-state index is -0.252. The van der Waals surface area contributed by atoms with Gasteiger partial charge in [-0.15, -0.1) is 0 Å². The van der Waals surface area contributed by atoms with E-state index < -0.39 is 0 Å². The minimum Gasteiger partial charge on any atom is -0.342 e. The summed E-state index contributed by atoms with van der Waals surface area (Å²) in [7, 11) is 1.79. The van der Waals surface area contributed by atoms with Gasteiger partial charge in [-0.1, -0.05) is 23.7 Å². The molecule has 4 nitrogen and oxygen atoms in total. The number of nitrogens with zero attached hydrogens (tertiary/aromatic N) is 2. The molecular formula is C14H14ClN3O. The van der Waals surface area contributed by atoms with Crippen LogP contribution >= 0.6 is 11.6 Å². The molecule has 1 N–H and O–H groups in total. The van der Waals surface area contributed by atoms with Gasteiger partial charge < -0.3 is 5.32 Å². The Morgan fingerprint density at radius 2 is 2.26 bits per heavy atom. The average molecular weight is 276 g/mol. The maximum Gasteiger partial charge on any atom is 0.255 e. The molecule has 0 atom stereocenters. The van der Waals surface area contributed by atoms with Crippen molar-refractivity contribution in [1.82, 2.24) is 15.1 Å². The predicted octanol–water partition coefficient (Wildman–Crippen LogP) is 2.49. The summed E-state index contributed by atoms with van der Waals surface area (Å²) in [6.45, 7) is 0. The van der Waals surface area contributed by atoms with Crippen molar-refractivity contribution in [1.29, 1.82) is 0 Å². The lowest BCUT2D eigenvalue weighted by atomic mass is 10.0. The number of hydrogen-bond donors (Lipinski definition) is 1. The van der Waals surface area contributed by atoms with Crippen LogP contribution < -0.4 is 5.32 Å². The molecule has 3 rings (SSSR count). The number of rotatable bonds is 3. The molecule has 1 aromatic carbocycles. The third kappa shape index (κ3) is 2.36. The Hall–Kier alpha value is -1.81. The Kier molecular flexibility index (Phi) is 2.82. The first-order chi connectivity index (χ1) is 9.09. The first-order valence-electron chi connectivity index (χ1n) is 6.16. The number of hydrogen-bond acceptors (Lipinski definition) is 2. The minimum absolute atomic E-state index is 0.0921. The van der Waals surface area contributed by atoms with Crippen molar-refractivity contribution in [2.24, 2.45) is 7.05 Å². The fraction of sp³-hybridized carbons (Fsp3) is 0.286. The van der Waals surface area contributed by atoms with Crippen LogP contribution in [0.4, 0.5) is 0 Å². The topological polar surface area (TPSA) is 46.9 Å². The Morgan fingerprint density at radius 1 is 1.47 bits per heavy atom. The van der Waals surface area contributed by atoms with Gasteiger partial charge in [0.25, 0.3) is 5.91 Å². The highest BCUT2D eigenvalue weighted by atomic mass is 35.5. The number of amides is 1. The van der Waals surface area contributed by atoms with E-state index in [0.717, 1.165) is 18.4 Å². The van der Waals surface area contributed by atoms with E-state index in [9.17, 15) is 4.79 Å². The van der Waals surface area contributed by atoms with E-state index in [4.69, 9.17) is 11.6 Å². The molecule has 0 spiro atoms. The second kappa shape index (κ2) is 4.38. The van der Waals surface area contributed by atoms with E-state index >= 15 is 0 Å². The van der Waals surface area contributed by atoms with Gasteiger partial charge in [0, 0.05) is 18.3 Å². The van der Waals surface area contributed by atoms with Crippen LogP contribution in [0.2, 0.25) is 5.02 Å². The monoisotopic (exact) mass is 275 g/mol. The zero-order valence-corrected chi connectivity index (χ0v) is 11.3. The molecule has 0 aliphatic heterocycles. The molecule has 1 aliphatic carbocycles. The molecule has 1 aliphatic rings. The van der Waals surface area contributed by atoms with Crippen molar-refractivity contribution in [3.8, 4) is 0 Å². The molecule has 1 aromatic heterocycles. The number of halogens is 1. The number of carbonyl (C=O) groups excluding carboxylic acids is 1. The summed E-state index contributed by atoms with van der Waals surface area (Å²) < 4.78 is 1.62. The van der Waals surface area contributed by atoms with Crippen molar-refractivity contribution < 1.29 is 4.79 Å². The quantitative estimate of drug-likeness (QED) is 0.935. The highest BCUT2D eigenvalue weighted by Gasteiger charge is 2.45. The largest absolute Gasteiger partial charge is 0.342 e. The summed E-state index contributed by atoms with van der Waals surface area (Å²) in [6, 6.07) is 7.67. The molecule has 98 valence electrons. The lowest BCUT2D eigenvalue weighted by Crippen LogP contribution is -2.34. The van der Waals surface area contributed by atoms with Crippen molar-refractivity contribution in [2.75, 3.05) is 0 Å². The fourth-order valence-corrected chi connectivity index (χ4v) is 2.42. The van der Waals surface area contributed by atoms with E-state index in [1.54, 1.807) is 24.1 Å². The number of benzene rings is 1. The predicted molar refractivity (Wildman–Crippen MR) is 73.0 cm³/mol. The molecule has 19 heavy (non-hydrogen) atoms. The van der Waals surface area contributed by atoms with Crippen LogP contribution in [-0.4, -0.2) is 15.7 Å². The van der Waals surface area contributed by atoms with Gasteiger partial charge >= 0.3 is 0 Å². The maximum absolute atomic E-state index is 12.2. The summed E-state index contributed by atoms with van der Waals surface area (Å²) in [5.74, 6) is -0.0921. The molecule has 1 amide bonds. The second-order valence-electron chi connectivity index (χ2n) is 4.95. The molecule has 0 saturated heterocycles. The molecule has 1 fully saturated rings. The zero-order chi connectivity index (χ0) is 13.5. The molecule has 2 aromatic rings. The third-order valence-electron chi connectivity index (χ3n) is 3.45. The number of nitrogens with one attached hydrogen (secondary N) is 1. The SMILES string of the molecule is Cn1cc(C(=O)NC2(c3cccc(Cl)c3)CC2)cn1. The van der Waals surface area contributed by atoms with E-state index in [-0.39, 0.29) is 11.4 Å². The standard InChI is InChI=1S/C14H14ClN3O/c1-18-9-10(8-16-18)13(19)17-14(5-6-14)11-3-2-4-12(15)7-11/h2-4,7-9H,5-6H2,1H3,(H,17,19). The van der Waals surface area contributed by atoms with Crippen molar-refractivity contribution in [3.63, 3.8) is 0 Å². The summed E-state index contributed by atoms with van der Waals surface area (Å²) in [6.07, 6.45) is 5.17. The van der Waals surface area contributed by atoms with Gasteiger partial charge in [-0.2, -0.15) is 5.10 Å². The number of aryl methyl sites for hydroxylation is 1. The van der Waals surface area contributed by atoms with Crippen LogP contribution in [0.5, 0.6) is 0 Å². The molecule has 0 radical (unpaired) electrons. The Labute approximate surface area is 116 Å². The highest BCUT2D eigenvalue weighted by molar-refractivity contribution is 6.30. The van der Waals surface area contributed by atoms with Gasteiger partial charge in [0.15, 0.2) is 0 Å². The summed E-state index contributed by atoms with van der Waals surface area (Å²) >= 11 is 6.01. The molecular weight excluding hydrogens is 262 g/mol. The number of aromatic nitrogens is 2. The van der Waals surface area contributed by atoms with Crippen LogP contribution in [0, 0.1) is 0 Å². The summed E-state index contributed by atoms with van der Waals surface area (Å²) in [4.78, 5) is 12.2. The van der Waals surface area contributed by atoms with Crippen LogP contribution in [0.25, 0.3) is 0 Å². The lowest BCUT2D eigenvalue weighted by molar-refractivity contribution is 0.0930. The van der Waals surface area contributed by atoms with E-state index in [1.165, 1.54) is 0 Å². The van der Waals surface area contributed by atoms with Gasteiger partial charge in [0.05, 0.1) is 17.3 Å². The normalized spacial score (nSPS) is 16.1. The summed E-state index contributed by atoms with van der Waals surface area (Å²) in [5.41, 5.74) is 1.39. The number of carbonyl (C=O) groups is 1. The molecule has 0 unspecified atom stereocenters. The van der Waals surface area contributed by atoms with Gasteiger partial charge in [-0.25, -0.2) is 0 Å². The Bertz CT molecular complexity index is 631. The second-order valence-corrected chi connectivity index (χ2v) is 5.39.